The van der Waals surface area contributed by atoms with Gasteiger partial charge >= 0.3 is 5.97 Å². The van der Waals surface area contributed by atoms with Gasteiger partial charge < -0.3 is 9.16 Å². The second-order valence-corrected chi connectivity index (χ2v) is 14.0. The van der Waals surface area contributed by atoms with Crippen LogP contribution in [0.4, 0.5) is 0 Å². The van der Waals surface area contributed by atoms with Gasteiger partial charge in [-0.15, -0.1) is 0 Å². The Morgan fingerprint density at radius 2 is 1.96 bits per heavy atom. The van der Waals surface area contributed by atoms with Gasteiger partial charge in [0.2, 0.25) is 8.32 Å². The predicted octanol–water partition coefficient (Wildman–Crippen LogP) is 5.55. The highest BCUT2D eigenvalue weighted by atomic mass is 28.4. The van der Waals surface area contributed by atoms with E-state index in [4.69, 9.17) is 9.16 Å². The molecule has 1 heterocycles. The van der Waals surface area contributed by atoms with E-state index in [9.17, 15) is 4.79 Å². The van der Waals surface area contributed by atoms with E-state index in [0.29, 0.717) is 5.92 Å². The molecule has 0 amide bonds. The number of hydrogen-bond acceptors (Lipinski definition) is 3. The van der Waals surface area contributed by atoms with Gasteiger partial charge in [-0.3, -0.25) is 4.79 Å². The third-order valence-electron chi connectivity index (χ3n) is 6.50. The summed E-state index contributed by atoms with van der Waals surface area (Å²) in [5, 5.41) is 0.193. The number of allylic oxidation sites excluding steroid dienone is 4. The zero-order valence-corrected chi connectivity index (χ0v) is 17.1. The van der Waals surface area contributed by atoms with Crippen LogP contribution in [0.3, 0.4) is 0 Å². The maximum Gasteiger partial charge on any atom is 0.315 e. The van der Waals surface area contributed by atoms with Crippen molar-refractivity contribution in [2.75, 3.05) is 0 Å². The van der Waals surface area contributed by atoms with E-state index >= 15 is 0 Å². The van der Waals surface area contributed by atoms with Gasteiger partial charge in [0.25, 0.3) is 0 Å². The number of rotatable bonds is 2. The van der Waals surface area contributed by atoms with Gasteiger partial charge in [-0.25, -0.2) is 0 Å². The Morgan fingerprint density at radius 3 is 2.62 bits per heavy atom. The Hall–Kier alpha value is -1.03. The monoisotopic (exact) mass is 348 g/mol. The lowest BCUT2D eigenvalue weighted by atomic mass is 9.65. The SMILES string of the molecule is CC1=CC2CC(O[Si](C)(C)C(C)(C)C)=C3CCCCC3C2C(=O)O1. The molecule has 3 unspecified atom stereocenters. The molecule has 1 saturated carbocycles. The van der Waals surface area contributed by atoms with E-state index in [-0.39, 0.29) is 22.8 Å². The number of ether oxygens (including phenoxy) is 1. The maximum atomic E-state index is 12.5. The molecule has 0 spiro atoms. The quantitative estimate of drug-likeness (QED) is 0.485. The first-order valence-corrected chi connectivity index (χ1v) is 12.3. The fourth-order valence-electron chi connectivity index (χ4n) is 4.18. The minimum absolute atomic E-state index is 0.00997. The predicted molar refractivity (Wildman–Crippen MR) is 98.7 cm³/mol. The molecule has 2 aliphatic carbocycles. The fraction of sp³-hybridized carbons (Fsp3) is 0.750. The van der Waals surface area contributed by atoms with E-state index in [1.165, 1.54) is 24.2 Å². The summed E-state index contributed by atoms with van der Waals surface area (Å²) in [6, 6.07) is 0. The molecule has 4 heteroatoms. The van der Waals surface area contributed by atoms with Crippen molar-refractivity contribution in [3.05, 3.63) is 23.2 Å². The number of carbonyl (C=O) groups excluding carboxylic acids is 1. The summed E-state index contributed by atoms with van der Waals surface area (Å²) >= 11 is 0. The summed E-state index contributed by atoms with van der Waals surface area (Å²) in [5.74, 6) is 2.54. The molecular weight excluding hydrogens is 316 g/mol. The molecule has 0 aromatic carbocycles. The lowest BCUT2D eigenvalue weighted by Crippen LogP contribution is -2.44. The van der Waals surface area contributed by atoms with Crippen molar-refractivity contribution < 1.29 is 14.0 Å². The van der Waals surface area contributed by atoms with E-state index in [1.54, 1.807) is 0 Å². The molecule has 3 nitrogen and oxygen atoms in total. The first-order valence-electron chi connectivity index (χ1n) is 9.41. The average Bonchev–Trinajstić information content (AvgIpc) is 2.45. The maximum absolute atomic E-state index is 12.5. The molecule has 3 atom stereocenters. The van der Waals surface area contributed by atoms with Crippen molar-refractivity contribution in [2.45, 2.75) is 77.9 Å². The Morgan fingerprint density at radius 1 is 1.25 bits per heavy atom. The molecule has 0 radical (unpaired) electrons. The summed E-state index contributed by atoms with van der Waals surface area (Å²) in [5.41, 5.74) is 1.43. The molecule has 3 aliphatic rings. The fourth-order valence-corrected chi connectivity index (χ4v) is 5.32. The average molecular weight is 349 g/mol. The second kappa shape index (κ2) is 6.05. The molecule has 3 rings (SSSR count). The minimum atomic E-state index is -1.85. The topological polar surface area (TPSA) is 35.5 Å². The van der Waals surface area contributed by atoms with E-state index in [0.717, 1.165) is 25.0 Å². The van der Waals surface area contributed by atoms with Crippen LogP contribution in [0.1, 0.15) is 59.8 Å². The summed E-state index contributed by atoms with van der Waals surface area (Å²) < 4.78 is 12.2. The molecule has 0 aromatic rings. The van der Waals surface area contributed by atoms with Crippen molar-refractivity contribution in [3.63, 3.8) is 0 Å². The Kier molecular flexibility index (Phi) is 4.48. The minimum Gasteiger partial charge on any atom is -0.547 e. The van der Waals surface area contributed by atoms with Crippen molar-refractivity contribution in [1.82, 2.24) is 0 Å². The van der Waals surface area contributed by atoms with Crippen LogP contribution in [0.15, 0.2) is 23.2 Å². The van der Waals surface area contributed by atoms with Gasteiger partial charge in [-0.05, 0) is 61.9 Å². The van der Waals surface area contributed by atoms with E-state index < -0.39 is 8.32 Å². The van der Waals surface area contributed by atoms with Gasteiger partial charge in [0.1, 0.15) is 5.76 Å². The van der Waals surface area contributed by atoms with Gasteiger partial charge in [0.15, 0.2) is 0 Å². The van der Waals surface area contributed by atoms with Crippen LogP contribution in [0, 0.1) is 17.8 Å². The molecule has 1 fully saturated rings. The highest BCUT2D eigenvalue weighted by Crippen LogP contribution is 2.50. The van der Waals surface area contributed by atoms with Gasteiger partial charge in [-0.2, -0.15) is 0 Å². The Labute approximate surface area is 147 Å². The molecule has 24 heavy (non-hydrogen) atoms. The number of hydrogen-bond donors (Lipinski definition) is 0. The Bertz CT molecular complexity index is 594. The van der Waals surface area contributed by atoms with Crippen molar-refractivity contribution in [2.24, 2.45) is 17.8 Å². The zero-order valence-electron chi connectivity index (χ0n) is 16.1. The smallest absolute Gasteiger partial charge is 0.315 e. The molecule has 0 N–H and O–H groups in total. The van der Waals surface area contributed by atoms with Crippen LogP contribution >= 0.6 is 0 Å². The third-order valence-corrected chi connectivity index (χ3v) is 10.9. The molecular formula is C20H32O3Si. The van der Waals surface area contributed by atoms with Crippen molar-refractivity contribution >= 4 is 14.3 Å². The summed E-state index contributed by atoms with van der Waals surface area (Å²) in [7, 11) is -1.85. The van der Waals surface area contributed by atoms with Crippen molar-refractivity contribution in [1.29, 1.82) is 0 Å². The lowest BCUT2D eigenvalue weighted by Gasteiger charge is -2.45. The third kappa shape index (κ3) is 3.10. The van der Waals surface area contributed by atoms with Gasteiger partial charge in [0.05, 0.1) is 11.7 Å². The molecule has 0 bridgehead atoms. The Balaban J connectivity index is 1.97. The van der Waals surface area contributed by atoms with Crippen LogP contribution in [0.5, 0.6) is 0 Å². The molecule has 0 saturated heterocycles. The first-order chi connectivity index (χ1) is 11.1. The van der Waals surface area contributed by atoms with Gasteiger partial charge in [0, 0.05) is 12.3 Å². The first kappa shape index (κ1) is 17.8. The largest absolute Gasteiger partial charge is 0.547 e. The highest BCUT2D eigenvalue weighted by molar-refractivity contribution is 6.74. The normalized spacial score (nSPS) is 31.0. The summed E-state index contributed by atoms with van der Waals surface area (Å²) in [6.07, 6.45) is 7.65. The molecule has 0 aromatic heterocycles. The number of carbonyl (C=O) groups is 1. The van der Waals surface area contributed by atoms with Crippen LogP contribution < -0.4 is 0 Å². The molecule has 1 aliphatic heterocycles. The number of esters is 1. The number of fused-ring (bicyclic) bond motifs is 3. The van der Waals surface area contributed by atoms with Crippen LogP contribution in [0.2, 0.25) is 18.1 Å². The molecule has 134 valence electrons. The second-order valence-electron chi connectivity index (χ2n) is 9.26. The van der Waals surface area contributed by atoms with Gasteiger partial charge in [-0.1, -0.05) is 27.2 Å². The van der Waals surface area contributed by atoms with Crippen LogP contribution in [-0.4, -0.2) is 14.3 Å². The lowest BCUT2D eigenvalue weighted by molar-refractivity contribution is -0.150. The highest BCUT2D eigenvalue weighted by Gasteiger charge is 2.48. The van der Waals surface area contributed by atoms with Crippen LogP contribution in [0.25, 0.3) is 0 Å². The summed E-state index contributed by atoms with van der Waals surface area (Å²) in [6.45, 7) is 13.4. The van der Waals surface area contributed by atoms with E-state index in [1.807, 2.05) is 6.92 Å². The zero-order chi connectivity index (χ0) is 17.7. The standard InChI is InChI=1S/C20H32O3Si/c1-13-11-14-12-17(23-24(5,6)20(2,3)4)15-9-7-8-10-16(15)18(14)19(21)22-13/h11,14,16,18H,7-10,12H2,1-6H3. The number of cyclic esters (lactones) is 1. The summed E-state index contributed by atoms with van der Waals surface area (Å²) in [4.78, 5) is 12.5. The van der Waals surface area contributed by atoms with Crippen LogP contribution in [-0.2, 0) is 14.0 Å². The van der Waals surface area contributed by atoms with E-state index in [2.05, 4.69) is 39.9 Å². The van der Waals surface area contributed by atoms with Crippen molar-refractivity contribution in [3.8, 4) is 0 Å².